The van der Waals surface area contributed by atoms with Crippen molar-refractivity contribution in [3.05, 3.63) is 95.4 Å². The summed E-state index contributed by atoms with van der Waals surface area (Å²) < 4.78 is 32.5. The highest BCUT2D eigenvalue weighted by atomic mass is 19.1. The van der Waals surface area contributed by atoms with E-state index in [1.54, 1.807) is 29.4 Å². The minimum Gasteiger partial charge on any atom is -0.467 e. The number of benzene rings is 2. The van der Waals surface area contributed by atoms with E-state index in [4.69, 9.17) is 4.42 Å². The van der Waals surface area contributed by atoms with Gasteiger partial charge in [0, 0.05) is 36.7 Å². The van der Waals surface area contributed by atoms with Crippen molar-refractivity contribution in [2.75, 3.05) is 19.0 Å². The van der Waals surface area contributed by atoms with Crippen LogP contribution in [0.3, 0.4) is 0 Å². The summed E-state index contributed by atoms with van der Waals surface area (Å²) >= 11 is 0. The number of furan rings is 1. The van der Waals surface area contributed by atoms with Gasteiger partial charge >= 0.3 is 0 Å². The third-order valence-corrected chi connectivity index (χ3v) is 4.93. The molecule has 0 saturated carbocycles. The summed E-state index contributed by atoms with van der Waals surface area (Å²) in [5.41, 5.74) is 1.70. The van der Waals surface area contributed by atoms with Crippen LogP contribution in [0.1, 0.15) is 21.7 Å². The number of carbonyl (C=O) groups excluding carboxylic acids is 1. The summed E-state index contributed by atoms with van der Waals surface area (Å²) in [6, 6.07) is 15.3. The van der Waals surface area contributed by atoms with Crippen molar-refractivity contribution in [3.8, 4) is 0 Å². The fraction of sp³-hybridized carbons (Fsp3) is 0.167. The number of nitrogens with zero attached hydrogens (tertiary/aromatic N) is 3. The number of hydrogen-bond acceptors (Lipinski definition) is 4. The van der Waals surface area contributed by atoms with Crippen molar-refractivity contribution in [1.82, 2.24) is 9.88 Å². The Balaban J connectivity index is 1.74. The summed E-state index contributed by atoms with van der Waals surface area (Å²) in [6.07, 6.45) is 1.55. The van der Waals surface area contributed by atoms with Gasteiger partial charge in [0.05, 0.1) is 24.9 Å². The van der Waals surface area contributed by atoms with Crippen molar-refractivity contribution in [3.63, 3.8) is 0 Å². The van der Waals surface area contributed by atoms with Crippen LogP contribution >= 0.6 is 0 Å². The van der Waals surface area contributed by atoms with Crippen molar-refractivity contribution < 1.29 is 18.0 Å². The summed E-state index contributed by atoms with van der Waals surface area (Å²) in [5, 5.41) is 0.772. The molecule has 7 heteroatoms. The van der Waals surface area contributed by atoms with E-state index in [0.29, 0.717) is 22.7 Å². The highest BCUT2D eigenvalue weighted by Gasteiger charge is 2.21. The molecular weight excluding hydrogens is 400 g/mol. The van der Waals surface area contributed by atoms with Crippen LogP contribution in [0.2, 0.25) is 0 Å². The fourth-order valence-corrected chi connectivity index (χ4v) is 3.45. The molecule has 2 heterocycles. The number of pyridine rings is 1. The number of anilines is 1. The third kappa shape index (κ3) is 4.55. The zero-order valence-corrected chi connectivity index (χ0v) is 17.2. The zero-order chi connectivity index (χ0) is 22.0. The van der Waals surface area contributed by atoms with E-state index >= 15 is 0 Å². The third-order valence-electron chi connectivity index (χ3n) is 4.93. The van der Waals surface area contributed by atoms with Gasteiger partial charge in [0.1, 0.15) is 23.2 Å². The Labute approximate surface area is 178 Å². The van der Waals surface area contributed by atoms with Crippen LogP contribution in [0.15, 0.2) is 71.3 Å². The van der Waals surface area contributed by atoms with Gasteiger partial charge in [-0.3, -0.25) is 4.79 Å². The van der Waals surface area contributed by atoms with Crippen LogP contribution in [0.25, 0.3) is 10.9 Å². The second-order valence-electron chi connectivity index (χ2n) is 7.45. The van der Waals surface area contributed by atoms with E-state index in [1.165, 1.54) is 36.4 Å². The first kappa shape index (κ1) is 20.5. The van der Waals surface area contributed by atoms with Gasteiger partial charge in [-0.1, -0.05) is 0 Å². The molecule has 0 aliphatic rings. The molecule has 0 unspecified atom stereocenters. The zero-order valence-electron chi connectivity index (χ0n) is 17.2. The number of carbonyl (C=O) groups is 1. The molecule has 0 N–H and O–H groups in total. The maximum Gasteiger partial charge on any atom is 0.254 e. The minimum atomic E-state index is -0.407. The van der Waals surface area contributed by atoms with E-state index in [9.17, 15) is 13.6 Å². The molecular formula is C24H21F2N3O2. The molecule has 1 amide bonds. The second kappa shape index (κ2) is 8.55. The van der Waals surface area contributed by atoms with Gasteiger partial charge in [0.15, 0.2) is 0 Å². The van der Waals surface area contributed by atoms with E-state index in [2.05, 4.69) is 4.98 Å². The topological polar surface area (TPSA) is 49.6 Å². The molecule has 0 aliphatic carbocycles. The average molecular weight is 421 g/mol. The van der Waals surface area contributed by atoms with Crippen LogP contribution < -0.4 is 4.90 Å². The Kier molecular flexibility index (Phi) is 5.66. The molecule has 0 spiro atoms. The highest BCUT2D eigenvalue weighted by Crippen LogP contribution is 2.26. The first-order valence-electron chi connectivity index (χ1n) is 9.74. The first-order valence-corrected chi connectivity index (χ1v) is 9.74. The lowest BCUT2D eigenvalue weighted by Crippen LogP contribution is -2.31. The van der Waals surface area contributed by atoms with Gasteiger partial charge < -0.3 is 14.2 Å². The fourth-order valence-electron chi connectivity index (χ4n) is 3.45. The van der Waals surface area contributed by atoms with E-state index in [1.807, 2.05) is 25.1 Å². The Bertz CT molecular complexity index is 1210. The molecule has 2 aromatic heterocycles. The van der Waals surface area contributed by atoms with Gasteiger partial charge in [-0.05, 0) is 54.6 Å². The summed E-state index contributed by atoms with van der Waals surface area (Å²) in [6.45, 7) is 0.474. The Morgan fingerprint density at radius 1 is 0.968 bits per heavy atom. The lowest BCUT2D eigenvalue weighted by molar-refractivity contribution is 0.0718. The van der Waals surface area contributed by atoms with Crippen molar-refractivity contribution in [2.45, 2.75) is 13.1 Å². The predicted octanol–water partition coefficient (Wildman–Crippen LogP) is 5.01. The molecule has 0 fully saturated rings. The number of hydrogen-bond donors (Lipinski definition) is 0. The number of halogens is 2. The van der Waals surface area contributed by atoms with Crippen LogP contribution in [-0.2, 0) is 13.1 Å². The van der Waals surface area contributed by atoms with Crippen LogP contribution in [0.5, 0.6) is 0 Å². The normalized spacial score (nSPS) is 11.0. The van der Waals surface area contributed by atoms with Gasteiger partial charge in [-0.15, -0.1) is 0 Å². The Hall–Kier alpha value is -3.74. The molecule has 0 atom stereocenters. The maximum absolute atomic E-state index is 13.7. The highest BCUT2D eigenvalue weighted by molar-refractivity contribution is 5.94. The standard InChI is InChI=1S/C24H21F2N3O2/c1-28(2)23-18(12-17-7-10-20(26)13-22(17)27-23)14-29(15-21-4-3-11-31-21)24(30)16-5-8-19(25)9-6-16/h3-13H,14-15H2,1-2H3. The Morgan fingerprint density at radius 3 is 2.39 bits per heavy atom. The molecule has 31 heavy (non-hydrogen) atoms. The second-order valence-corrected chi connectivity index (χ2v) is 7.45. The van der Waals surface area contributed by atoms with Gasteiger partial charge in [0.25, 0.3) is 5.91 Å². The maximum atomic E-state index is 13.7. The number of rotatable bonds is 6. The summed E-state index contributed by atoms with van der Waals surface area (Å²) in [4.78, 5) is 21.3. The molecule has 5 nitrogen and oxygen atoms in total. The van der Waals surface area contributed by atoms with E-state index in [0.717, 1.165) is 10.9 Å². The van der Waals surface area contributed by atoms with E-state index in [-0.39, 0.29) is 24.8 Å². The summed E-state index contributed by atoms with van der Waals surface area (Å²) in [5.74, 6) is 0.228. The number of aromatic nitrogens is 1. The largest absolute Gasteiger partial charge is 0.467 e. The molecule has 4 rings (SSSR count). The number of amides is 1. The number of fused-ring (bicyclic) bond motifs is 1. The molecule has 0 aliphatic heterocycles. The van der Waals surface area contributed by atoms with Crippen molar-refractivity contribution in [1.29, 1.82) is 0 Å². The van der Waals surface area contributed by atoms with Gasteiger partial charge in [-0.25, -0.2) is 13.8 Å². The van der Waals surface area contributed by atoms with Gasteiger partial charge in [-0.2, -0.15) is 0 Å². The molecule has 0 saturated heterocycles. The van der Waals surface area contributed by atoms with Crippen LogP contribution in [0.4, 0.5) is 14.6 Å². The lowest BCUT2D eigenvalue weighted by atomic mass is 10.1. The SMILES string of the molecule is CN(C)c1nc2cc(F)ccc2cc1CN(Cc1ccco1)C(=O)c1ccc(F)cc1. The van der Waals surface area contributed by atoms with Gasteiger partial charge in [0.2, 0.25) is 0 Å². The van der Waals surface area contributed by atoms with Crippen molar-refractivity contribution in [2.24, 2.45) is 0 Å². The summed E-state index contributed by atoms with van der Waals surface area (Å²) in [7, 11) is 3.69. The molecule has 158 valence electrons. The molecule has 4 aromatic rings. The predicted molar refractivity (Wildman–Crippen MR) is 115 cm³/mol. The molecule has 0 bridgehead atoms. The van der Waals surface area contributed by atoms with Crippen LogP contribution in [-0.4, -0.2) is 29.9 Å². The lowest BCUT2D eigenvalue weighted by Gasteiger charge is -2.25. The minimum absolute atomic E-state index is 0.234. The Morgan fingerprint density at radius 2 is 1.71 bits per heavy atom. The van der Waals surface area contributed by atoms with Crippen molar-refractivity contribution >= 4 is 22.6 Å². The molecule has 2 aromatic carbocycles. The average Bonchev–Trinajstić information content (AvgIpc) is 3.26. The quantitative estimate of drug-likeness (QED) is 0.439. The first-order chi connectivity index (χ1) is 14.9. The monoisotopic (exact) mass is 421 g/mol. The molecule has 0 radical (unpaired) electrons. The van der Waals surface area contributed by atoms with Crippen LogP contribution in [0, 0.1) is 11.6 Å². The van der Waals surface area contributed by atoms with E-state index < -0.39 is 5.82 Å². The smallest absolute Gasteiger partial charge is 0.254 e.